The Kier molecular flexibility index (Phi) is 4.06. The van der Waals surface area contributed by atoms with Gasteiger partial charge >= 0.3 is 5.69 Å². The van der Waals surface area contributed by atoms with Gasteiger partial charge in [0.1, 0.15) is 5.69 Å². The van der Waals surface area contributed by atoms with Gasteiger partial charge in [-0.2, -0.15) is 4.98 Å². The summed E-state index contributed by atoms with van der Waals surface area (Å²) in [6.07, 6.45) is 1.15. The summed E-state index contributed by atoms with van der Waals surface area (Å²) in [6, 6.07) is 0. The quantitative estimate of drug-likeness (QED) is 0.674. The zero-order valence-electron chi connectivity index (χ0n) is 12.4. The Bertz CT molecular complexity index is 510. The number of rotatable bonds is 3. The predicted molar refractivity (Wildman–Crippen MR) is 78.1 cm³/mol. The van der Waals surface area contributed by atoms with Crippen LogP contribution in [0.25, 0.3) is 0 Å². The van der Waals surface area contributed by atoms with E-state index in [0.29, 0.717) is 29.3 Å². The minimum Gasteiger partial charge on any atom is -0.357 e. The summed E-state index contributed by atoms with van der Waals surface area (Å²) in [6.45, 7) is 7.58. The van der Waals surface area contributed by atoms with Crippen LogP contribution in [0.5, 0.6) is 0 Å². The van der Waals surface area contributed by atoms with Crippen LogP contribution in [0.4, 0.5) is 17.5 Å². The number of nitrogens with zero attached hydrogens (tertiary/aromatic N) is 4. The van der Waals surface area contributed by atoms with Crippen LogP contribution in [0.2, 0.25) is 0 Å². The summed E-state index contributed by atoms with van der Waals surface area (Å²) in [7, 11) is 1.71. The first kappa shape index (κ1) is 14.5. The highest BCUT2D eigenvalue weighted by Crippen LogP contribution is 2.33. The van der Waals surface area contributed by atoms with Gasteiger partial charge in [-0.15, -0.1) is 0 Å². The molecule has 2 unspecified atom stereocenters. The molecule has 0 radical (unpaired) electrons. The minimum atomic E-state index is -0.381. The van der Waals surface area contributed by atoms with E-state index in [1.165, 1.54) is 0 Å². The van der Waals surface area contributed by atoms with Gasteiger partial charge in [-0.05, 0) is 25.2 Å². The summed E-state index contributed by atoms with van der Waals surface area (Å²) in [5.74, 6) is 1.87. The molecule has 0 bridgehead atoms. The molecule has 0 amide bonds. The first-order valence-electron chi connectivity index (χ1n) is 6.88. The third-order valence-electron chi connectivity index (χ3n) is 3.61. The molecule has 110 valence electrons. The second-order valence-corrected chi connectivity index (χ2v) is 5.66. The van der Waals surface area contributed by atoms with Crippen molar-refractivity contribution in [2.24, 2.45) is 11.8 Å². The minimum absolute atomic E-state index is 0.0188. The molecule has 0 aliphatic carbocycles. The standard InChI is InChI=1S/C13H21N5O2/c1-8-5-9(2)7-17(6-8)12-11(18(19)20)10(3)15-13(14-4)16-12/h8-9H,5-7H2,1-4H3,(H,14,15,16). The van der Waals surface area contributed by atoms with Gasteiger partial charge in [0, 0.05) is 20.1 Å². The van der Waals surface area contributed by atoms with E-state index in [2.05, 4.69) is 29.1 Å². The number of aromatic nitrogens is 2. The number of anilines is 2. The highest BCUT2D eigenvalue weighted by molar-refractivity contribution is 5.62. The summed E-state index contributed by atoms with van der Waals surface area (Å²) in [5, 5.41) is 14.2. The van der Waals surface area contributed by atoms with E-state index >= 15 is 0 Å². The van der Waals surface area contributed by atoms with Crippen molar-refractivity contribution in [2.45, 2.75) is 27.2 Å². The Morgan fingerprint density at radius 1 is 1.30 bits per heavy atom. The first-order chi connectivity index (χ1) is 9.42. The molecule has 7 heteroatoms. The molecule has 20 heavy (non-hydrogen) atoms. The molecule has 2 heterocycles. The number of hydrogen-bond donors (Lipinski definition) is 1. The molecule has 1 aliphatic rings. The van der Waals surface area contributed by atoms with E-state index in [0.717, 1.165) is 19.5 Å². The lowest BCUT2D eigenvalue weighted by Gasteiger charge is -2.35. The molecule has 1 N–H and O–H groups in total. The maximum atomic E-state index is 11.3. The number of nitrogens with one attached hydrogen (secondary N) is 1. The van der Waals surface area contributed by atoms with Crippen LogP contribution in [0.3, 0.4) is 0 Å². The van der Waals surface area contributed by atoms with E-state index in [9.17, 15) is 10.1 Å². The molecule has 1 saturated heterocycles. The maximum absolute atomic E-state index is 11.3. The number of hydrogen-bond acceptors (Lipinski definition) is 6. The Morgan fingerprint density at radius 2 is 1.90 bits per heavy atom. The lowest BCUT2D eigenvalue weighted by atomic mass is 9.92. The van der Waals surface area contributed by atoms with Crippen LogP contribution in [0, 0.1) is 28.9 Å². The molecule has 1 aromatic heterocycles. The van der Waals surface area contributed by atoms with Crippen LogP contribution in [-0.4, -0.2) is 35.0 Å². The second kappa shape index (κ2) is 5.60. The smallest absolute Gasteiger partial charge is 0.332 e. The molecule has 1 aliphatic heterocycles. The fourth-order valence-electron chi connectivity index (χ4n) is 2.93. The van der Waals surface area contributed by atoms with Crippen molar-refractivity contribution in [1.29, 1.82) is 0 Å². The van der Waals surface area contributed by atoms with Crippen LogP contribution in [-0.2, 0) is 0 Å². The van der Waals surface area contributed by atoms with Crippen molar-refractivity contribution in [2.75, 3.05) is 30.4 Å². The van der Waals surface area contributed by atoms with Crippen LogP contribution in [0.1, 0.15) is 26.0 Å². The molecule has 2 atom stereocenters. The predicted octanol–water partition coefficient (Wildman–Crippen LogP) is 2.22. The van der Waals surface area contributed by atoms with Gasteiger partial charge in [0.05, 0.1) is 4.92 Å². The normalized spacial score (nSPS) is 22.7. The summed E-state index contributed by atoms with van der Waals surface area (Å²) >= 11 is 0. The van der Waals surface area contributed by atoms with Crippen molar-refractivity contribution in [3.8, 4) is 0 Å². The summed E-state index contributed by atoms with van der Waals surface area (Å²) in [4.78, 5) is 21.4. The molecule has 0 aromatic carbocycles. The van der Waals surface area contributed by atoms with Gasteiger partial charge in [-0.25, -0.2) is 4.98 Å². The molecule has 1 fully saturated rings. The number of aryl methyl sites for hydroxylation is 1. The molecular formula is C13H21N5O2. The van der Waals surface area contributed by atoms with Crippen LogP contribution in [0.15, 0.2) is 0 Å². The second-order valence-electron chi connectivity index (χ2n) is 5.66. The molecule has 2 rings (SSSR count). The fourth-order valence-corrected chi connectivity index (χ4v) is 2.93. The zero-order chi connectivity index (χ0) is 14.9. The average Bonchev–Trinajstić information content (AvgIpc) is 2.35. The Hall–Kier alpha value is -1.92. The molecule has 7 nitrogen and oxygen atoms in total. The van der Waals surface area contributed by atoms with Gasteiger partial charge < -0.3 is 10.2 Å². The molecule has 0 saturated carbocycles. The Balaban J connectivity index is 2.47. The highest BCUT2D eigenvalue weighted by Gasteiger charge is 2.30. The van der Waals surface area contributed by atoms with Crippen molar-refractivity contribution in [3.05, 3.63) is 15.8 Å². The Labute approximate surface area is 118 Å². The van der Waals surface area contributed by atoms with Crippen molar-refractivity contribution >= 4 is 17.5 Å². The topological polar surface area (TPSA) is 84.2 Å². The zero-order valence-corrected chi connectivity index (χ0v) is 12.4. The van der Waals surface area contributed by atoms with Crippen molar-refractivity contribution < 1.29 is 4.92 Å². The molecular weight excluding hydrogens is 258 g/mol. The fraction of sp³-hybridized carbons (Fsp3) is 0.692. The lowest BCUT2D eigenvalue weighted by Crippen LogP contribution is -2.39. The van der Waals surface area contributed by atoms with E-state index in [-0.39, 0.29) is 10.6 Å². The Morgan fingerprint density at radius 3 is 2.40 bits per heavy atom. The van der Waals surface area contributed by atoms with Gasteiger partial charge in [-0.1, -0.05) is 13.8 Å². The molecule has 1 aromatic rings. The van der Waals surface area contributed by atoms with E-state index in [1.807, 2.05) is 4.90 Å². The maximum Gasteiger partial charge on any atom is 0.332 e. The number of piperidine rings is 1. The highest BCUT2D eigenvalue weighted by atomic mass is 16.6. The third kappa shape index (κ3) is 2.81. The van der Waals surface area contributed by atoms with E-state index in [1.54, 1.807) is 14.0 Å². The van der Waals surface area contributed by atoms with E-state index in [4.69, 9.17) is 0 Å². The first-order valence-corrected chi connectivity index (χ1v) is 6.88. The number of nitro groups is 1. The van der Waals surface area contributed by atoms with Gasteiger partial charge in [0.2, 0.25) is 11.8 Å². The third-order valence-corrected chi connectivity index (χ3v) is 3.61. The van der Waals surface area contributed by atoms with Gasteiger partial charge in [-0.3, -0.25) is 10.1 Å². The summed E-state index contributed by atoms with van der Waals surface area (Å²) in [5.41, 5.74) is 0.417. The summed E-state index contributed by atoms with van der Waals surface area (Å²) < 4.78 is 0. The van der Waals surface area contributed by atoms with Crippen LogP contribution < -0.4 is 10.2 Å². The largest absolute Gasteiger partial charge is 0.357 e. The average molecular weight is 279 g/mol. The van der Waals surface area contributed by atoms with E-state index < -0.39 is 0 Å². The molecule has 0 spiro atoms. The van der Waals surface area contributed by atoms with Gasteiger partial charge in [0.15, 0.2) is 0 Å². The monoisotopic (exact) mass is 279 g/mol. The SMILES string of the molecule is CNc1nc(C)c([N+](=O)[O-])c(N2CC(C)CC(C)C2)n1. The van der Waals surface area contributed by atoms with Gasteiger partial charge in [0.25, 0.3) is 0 Å². The van der Waals surface area contributed by atoms with Crippen molar-refractivity contribution in [1.82, 2.24) is 9.97 Å². The van der Waals surface area contributed by atoms with Crippen molar-refractivity contribution in [3.63, 3.8) is 0 Å². The lowest BCUT2D eigenvalue weighted by molar-refractivity contribution is -0.385. The van der Waals surface area contributed by atoms with Crippen LogP contribution >= 0.6 is 0 Å².